The van der Waals surface area contributed by atoms with Gasteiger partial charge in [0.2, 0.25) is 0 Å². The van der Waals surface area contributed by atoms with Crippen molar-refractivity contribution in [3.05, 3.63) is 64.5 Å². The second-order valence-electron chi connectivity index (χ2n) is 4.14. The minimum absolute atomic E-state index is 0.0350. The monoisotopic (exact) mass is 265 g/mol. The predicted molar refractivity (Wildman–Crippen MR) is 65.3 cm³/mol. The molecule has 0 aromatic heterocycles. The molecule has 2 rings (SSSR count). The van der Waals surface area contributed by atoms with Gasteiger partial charge in [-0.05, 0) is 36.8 Å². The maximum Gasteiger partial charge on any atom is 0.198 e. The molecule has 5 heteroatoms. The number of benzene rings is 2. The lowest BCUT2D eigenvalue weighted by atomic mass is 9.99. The summed E-state index contributed by atoms with van der Waals surface area (Å²) in [6, 6.07) is 4.94. The number of nitrogen functional groups attached to an aromatic ring is 1. The van der Waals surface area contributed by atoms with Gasteiger partial charge in [-0.1, -0.05) is 0 Å². The van der Waals surface area contributed by atoms with Crippen molar-refractivity contribution in [1.29, 1.82) is 0 Å². The number of ketones is 1. The van der Waals surface area contributed by atoms with E-state index in [0.717, 1.165) is 18.2 Å². The summed E-state index contributed by atoms with van der Waals surface area (Å²) in [4.78, 5) is 12.1. The summed E-state index contributed by atoms with van der Waals surface area (Å²) in [7, 11) is 0. The minimum atomic E-state index is -1.00. The molecule has 0 aliphatic carbocycles. The number of aryl methyl sites for hydroxylation is 1. The molecule has 0 saturated heterocycles. The van der Waals surface area contributed by atoms with Gasteiger partial charge in [-0.3, -0.25) is 4.79 Å². The Morgan fingerprint density at radius 2 is 1.68 bits per heavy atom. The van der Waals surface area contributed by atoms with E-state index in [9.17, 15) is 18.0 Å². The molecular weight excluding hydrogens is 255 g/mol. The normalized spacial score (nSPS) is 10.5. The van der Waals surface area contributed by atoms with Gasteiger partial charge in [0.15, 0.2) is 5.78 Å². The van der Waals surface area contributed by atoms with E-state index in [4.69, 9.17) is 5.73 Å². The third kappa shape index (κ3) is 2.45. The van der Waals surface area contributed by atoms with Crippen molar-refractivity contribution in [1.82, 2.24) is 0 Å². The van der Waals surface area contributed by atoms with Crippen LogP contribution in [0.5, 0.6) is 0 Å². The van der Waals surface area contributed by atoms with Gasteiger partial charge in [-0.2, -0.15) is 0 Å². The first-order valence-corrected chi connectivity index (χ1v) is 5.45. The van der Waals surface area contributed by atoms with Crippen LogP contribution in [0.2, 0.25) is 0 Å². The molecule has 0 atom stereocenters. The summed E-state index contributed by atoms with van der Waals surface area (Å²) in [6.07, 6.45) is 0. The first-order valence-electron chi connectivity index (χ1n) is 5.45. The van der Waals surface area contributed by atoms with E-state index in [-0.39, 0.29) is 22.4 Å². The smallest absolute Gasteiger partial charge is 0.198 e. The van der Waals surface area contributed by atoms with Crippen LogP contribution in [-0.2, 0) is 0 Å². The second kappa shape index (κ2) is 4.76. The molecule has 2 nitrogen and oxygen atoms in total. The average molecular weight is 265 g/mol. The highest BCUT2D eigenvalue weighted by Crippen LogP contribution is 2.21. The average Bonchev–Trinajstić information content (AvgIpc) is 2.36. The summed E-state index contributed by atoms with van der Waals surface area (Å²) in [5.41, 5.74) is 5.24. The van der Waals surface area contributed by atoms with Crippen molar-refractivity contribution in [2.24, 2.45) is 0 Å². The van der Waals surface area contributed by atoms with E-state index in [1.807, 2.05) is 0 Å². The topological polar surface area (TPSA) is 43.1 Å². The van der Waals surface area contributed by atoms with E-state index in [1.165, 1.54) is 13.0 Å². The van der Waals surface area contributed by atoms with Crippen molar-refractivity contribution in [2.75, 3.05) is 5.73 Å². The molecule has 98 valence electrons. The number of carbonyl (C=O) groups is 1. The number of carbonyl (C=O) groups excluding carboxylic acids is 1. The van der Waals surface area contributed by atoms with Crippen molar-refractivity contribution >= 4 is 11.5 Å². The zero-order chi connectivity index (χ0) is 14.2. The maximum atomic E-state index is 13.6. The highest BCUT2D eigenvalue weighted by atomic mass is 19.1. The lowest BCUT2D eigenvalue weighted by Crippen LogP contribution is -2.09. The summed E-state index contributed by atoms with van der Waals surface area (Å²) >= 11 is 0. The fourth-order valence-corrected chi connectivity index (χ4v) is 1.70. The molecule has 2 aromatic carbocycles. The first kappa shape index (κ1) is 13.1. The molecule has 0 fully saturated rings. The molecule has 0 aliphatic heterocycles. The van der Waals surface area contributed by atoms with Crippen molar-refractivity contribution in [3.8, 4) is 0 Å². The zero-order valence-electron chi connectivity index (χ0n) is 10.0. The molecule has 0 saturated carbocycles. The second-order valence-corrected chi connectivity index (χ2v) is 4.14. The Kier molecular flexibility index (Phi) is 3.29. The first-order chi connectivity index (χ1) is 8.90. The lowest BCUT2D eigenvalue weighted by Gasteiger charge is -2.07. The number of hydrogen-bond donors (Lipinski definition) is 1. The largest absolute Gasteiger partial charge is 0.398 e. The molecule has 0 radical (unpaired) electrons. The van der Waals surface area contributed by atoms with Crippen LogP contribution in [0.15, 0.2) is 30.3 Å². The Bertz CT molecular complexity index is 668. The van der Waals surface area contributed by atoms with Gasteiger partial charge in [-0.25, -0.2) is 13.2 Å². The Morgan fingerprint density at radius 1 is 1.00 bits per heavy atom. The van der Waals surface area contributed by atoms with E-state index < -0.39 is 23.2 Å². The number of rotatable bonds is 2. The van der Waals surface area contributed by atoms with Gasteiger partial charge in [0.1, 0.15) is 17.5 Å². The van der Waals surface area contributed by atoms with Gasteiger partial charge in [0, 0.05) is 17.3 Å². The molecule has 0 heterocycles. The highest BCUT2D eigenvalue weighted by molar-refractivity contribution is 6.12. The summed E-state index contributed by atoms with van der Waals surface area (Å²) in [5, 5.41) is 0. The van der Waals surface area contributed by atoms with E-state index >= 15 is 0 Å². The van der Waals surface area contributed by atoms with Gasteiger partial charge in [0.25, 0.3) is 0 Å². The minimum Gasteiger partial charge on any atom is -0.398 e. The number of halogens is 3. The third-order valence-corrected chi connectivity index (χ3v) is 2.75. The molecule has 0 aliphatic rings. The fraction of sp³-hybridized carbons (Fsp3) is 0.0714. The summed E-state index contributed by atoms with van der Waals surface area (Å²) in [5.74, 6) is -3.19. The van der Waals surface area contributed by atoms with E-state index in [2.05, 4.69) is 0 Å². The molecule has 0 unspecified atom stereocenters. The quantitative estimate of drug-likeness (QED) is 0.669. The van der Waals surface area contributed by atoms with E-state index in [1.54, 1.807) is 0 Å². The Morgan fingerprint density at radius 3 is 2.37 bits per heavy atom. The van der Waals surface area contributed by atoms with Crippen molar-refractivity contribution in [2.45, 2.75) is 6.92 Å². The Hall–Kier alpha value is -2.30. The van der Waals surface area contributed by atoms with Crippen LogP contribution >= 0.6 is 0 Å². The van der Waals surface area contributed by atoms with Crippen LogP contribution < -0.4 is 5.73 Å². The standard InChI is InChI=1S/C14H10F3NO/c1-7-4-9(12(17)6-11(7)16)14(19)10-5-8(15)2-3-13(10)18/h2-6H,18H2,1H3. The van der Waals surface area contributed by atoms with Crippen LogP contribution in [0, 0.1) is 24.4 Å². The van der Waals surface area contributed by atoms with Crippen molar-refractivity contribution in [3.63, 3.8) is 0 Å². The van der Waals surface area contributed by atoms with E-state index in [0.29, 0.717) is 6.07 Å². The molecule has 0 amide bonds. The van der Waals surface area contributed by atoms with Gasteiger partial charge in [0.05, 0.1) is 5.56 Å². The maximum absolute atomic E-state index is 13.6. The third-order valence-electron chi connectivity index (χ3n) is 2.75. The van der Waals surface area contributed by atoms with Crippen LogP contribution in [0.1, 0.15) is 21.5 Å². The molecular formula is C14H10F3NO. The number of nitrogens with two attached hydrogens (primary N) is 1. The van der Waals surface area contributed by atoms with Crippen LogP contribution in [0.3, 0.4) is 0 Å². The fourth-order valence-electron chi connectivity index (χ4n) is 1.70. The SMILES string of the molecule is Cc1cc(C(=O)c2cc(F)ccc2N)c(F)cc1F. The van der Waals surface area contributed by atoms with Crippen LogP contribution in [0.25, 0.3) is 0 Å². The molecule has 19 heavy (non-hydrogen) atoms. The summed E-state index contributed by atoms with van der Waals surface area (Å²) < 4.78 is 39.8. The molecule has 2 aromatic rings. The zero-order valence-corrected chi connectivity index (χ0v) is 10.0. The van der Waals surface area contributed by atoms with Crippen LogP contribution in [-0.4, -0.2) is 5.78 Å². The van der Waals surface area contributed by atoms with Crippen molar-refractivity contribution < 1.29 is 18.0 Å². The molecule has 0 bridgehead atoms. The number of anilines is 1. The van der Waals surface area contributed by atoms with Gasteiger partial charge < -0.3 is 5.73 Å². The van der Waals surface area contributed by atoms with Crippen LogP contribution in [0.4, 0.5) is 18.9 Å². The molecule has 0 spiro atoms. The molecule has 2 N–H and O–H groups in total. The van der Waals surface area contributed by atoms with Gasteiger partial charge >= 0.3 is 0 Å². The summed E-state index contributed by atoms with van der Waals surface area (Å²) in [6.45, 7) is 1.40. The Balaban J connectivity index is 2.56. The number of hydrogen-bond acceptors (Lipinski definition) is 2. The highest BCUT2D eigenvalue weighted by Gasteiger charge is 2.18. The predicted octanol–water partition coefficient (Wildman–Crippen LogP) is 3.23. The Labute approximate surface area is 107 Å². The van der Waals surface area contributed by atoms with Gasteiger partial charge in [-0.15, -0.1) is 0 Å². The lowest BCUT2D eigenvalue weighted by molar-refractivity contribution is 0.103.